The van der Waals surface area contributed by atoms with E-state index < -0.39 is 0 Å². The van der Waals surface area contributed by atoms with Gasteiger partial charge in [-0.1, -0.05) is 121 Å². The van der Waals surface area contributed by atoms with Gasteiger partial charge < -0.3 is 0 Å². The lowest BCUT2D eigenvalue weighted by atomic mass is 9.78. The predicted molar refractivity (Wildman–Crippen MR) is 195 cm³/mol. The van der Waals surface area contributed by atoms with Gasteiger partial charge in [-0.05, 0) is 37.1 Å². The van der Waals surface area contributed by atoms with Crippen molar-refractivity contribution in [1.29, 1.82) is 0 Å². The Hall–Kier alpha value is -6.26. The summed E-state index contributed by atoms with van der Waals surface area (Å²) in [5, 5.41) is 0. The Kier molecular flexibility index (Phi) is 6.82. The van der Waals surface area contributed by atoms with Gasteiger partial charge in [-0.25, -0.2) is 0 Å². The van der Waals surface area contributed by atoms with Crippen molar-refractivity contribution in [1.82, 2.24) is 0 Å². The average Bonchev–Trinajstić information content (AvgIpc) is 3.71. The summed E-state index contributed by atoms with van der Waals surface area (Å²) in [6.07, 6.45) is 4.22. The number of nitrogens with zero attached hydrogens (tertiary/aromatic N) is 2. The zero-order valence-corrected chi connectivity index (χ0v) is 27.9. The standard InChI is InChI=1S/C27H20NO.C19H14NO/c1-27(2)21-14-8-9-15-22(21)28-16-20-18-12-6-7-13-19(18)25(29)24(20)23(26(27)28)17-10-4-3-5-11-17;21-19-16-10-5-4-9-15(16)18-17(19)11-6-12-20(18)13-14-7-2-1-3-8-14/h3-16H,1-2H3;1-12H,13H2/q2*+1. The van der Waals surface area contributed by atoms with Crippen LogP contribution in [0.3, 0.4) is 0 Å². The number of hydrogen-bond acceptors (Lipinski definition) is 2. The molecule has 0 spiro atoms. The van der Waals surface area contributed by atoms with Crippen LogP contribution in [0, 0.1) is 0 Å². The highest BCUT2D eigenvalue weighted by molar-refractivity contribution is 6.24. The number of para-hydroxylation sites is 1. The summed E-state index contributed by atoms with van der Waals surface area (Å²) < 4.78 is 4.47. The molecule has 2 aromatic heterocycles. The summed E-state index contributed by atoms with van der Waals surface area (Å²) in [4.78, 5) is 26.0. The van der Waals surface area contributed by atoms with Crippen LogP contribution in [-0.4, -0.2) is 11.6 Å². The van der Waals surface area contributed by atoms with Crippen LogP contribution in [0.1, 0.15) is 62.5 Å². The van der Waals surface area contributed by atoms with Gasteiger partial charge in [0.1, 0.15) is 0 Å². The Morgan fingerprint density at radius 3 is 1.84 bits per heavy atom. The molecule has 0 fully saturated rings. The number of benzene rings is 5. The molecule has 3 aliphatic rings. The Morgan fingerprint density at radius 1 is 0.520 bits per heavy atom. The summed E-state index contributed by atoms with van der Waals surface area (Å²) >= 11 is 0. The van der Waals surface area contributed by atoms with Gasteiger partial charge in [-0.15, -0.1) is 0 Å². The van der Waals surface area contributed by atoms with E-state index in [9.17, 15) is 9.59 Å². The van der Waals surface area contributed by atoms with Crippen molar-refractivity contribution in [3.05, 3.63) is 197 Å². The molecule has 0 saturated carbocycles. The minimum absolute atomic E-state index is 0.128. The molecule has 0 unspecified atom stereocenters. The second kappa shape index (κ2) is 11.4. The number of ketones is 2. The van der Waals surface area contributed by atoms with E-state index in [1.165, 1.54) is 22.5 Å². The second-order valence-corrected chi connectivity index (χ2v) is 13.7. The van der Waals surface area contributed by atoms with E-state index in [-0.39, 0.29) is 17.0 Å². The average molecular weight is 647 g/mol. The minimum Gasteiger partial charge on any atom is -0.289 e. The van der Waals surface area contributed by atoms with Crippen LogP contribution >= 0.6 is 0 Å². The van der Waals surface area contributed by atoms with Gasteiger partial charge in [-0.3, -0.25) is 9.59 Å². The number of fused-ring (bicyclic) bond motifs is 9. The molecule has 0 N–H and O–H groups in total. The van der Waals surface area contributed by atoms with Crippen LogP contribution in [0.4, 0.5) is 0 Å². The van der Waals surface area contributed by atoms with Gasteiger partial charge in [-0.2, -0.15) is 9.13 Å². The predicted octanol–water partition coefficient (Wildman–Crippen LogP) is 8.71. The number of aromatic nitrogens is 2. The van der Waals surface area contributed by atoms with Crippen molar-refractivity contribution in [2.45, 2.75) is 25.8 Å². The molecule has 0 amide bonds. The van der Waals surface area contributed by atoms with Crippen LogP contribution in [0.25, 0.3) is 39.2 Å². The van der Waals surface area contributed by atoms with E-state index in [4.69, 9.17) is 0 Å². The van der Waals surface area contributed by atoms with Crippen molar-refractivity contribution < 1.29 is 18.7 Å². The highest BCUT2D eigenvalue weighted by Crippen LogP contribution is 2.48. The third-order valence-corrected chi connectivity index (χ3v) is 10.4. The first-order chi connectivity index (χ1) is 24.4. The SMILES string of the molecule is CC1(C)c2ccccc2-[n+]2cc3c(c(-c4ccccc4)c21)C(=O)c1ccccc1-3.O=C1c2ccccc2-c2c1ccc[n+]2Cc1ccccc1. The van der Waals surface area contributed by atoms with Gasteiger partial charge >= 0.3 is 0 Å². The summed E-state index contributed by atoms with van der Waals surface area (Å²) in [6, 6.07) is 48.9. The quantitative estimate of drug-likeness (QED) is 0.180. The fourth-order valence-electron chi connectivity index (χ4n) is 8.13. The number of rotatable bonds is 3. The molecule has 3 heterocycles. The van der Waals surface area contributed by atoms with Gasteiger partial charge in [0, 0.05) is 34.4 Å². The van der Waals surface area contributed by atoms with Crippen LogP contribution < -0.4 is 9.13 Å². The van der Waals surface area contributed by atoms with E-state index >= 15 is 0 Å². The Bertz CT molecular complexity index is 2520. The zero-order valence-electron chi connectivity index (χ0n) is 27.9. The zero-order chi connectivity index (χ0) is 34.0. The molecule has 7 aromatic rings. The van der Waals surface area contributed by atoms with Crippen molar-refractivity contribution >= 4 is 11.6 Å². The molecule has 5 aromatic carbocycles. The van der Waals surface area contributed by atoms with Crippen LogP contribution in [0.15, 0.2) is 158 Å². The van der Waals surface area contributed by atoms with Gasteiger partial charge in [0.05, 0.1) is 33.2 Å². The van der Waals surface area contributed by atoms with E-state index in [1.807, 2.05) is 97.2 Å². The first kappa shape index (κ1) is 29.8. The maximum absolute atomic E-state index is 13.6. The molecule has 1 aliphatic heterocycles. The second-order valence-electron chi connectivity index (χ2n) is 13.7. The third-order valence-electron chi connectivity index (χ3n) is 10.4. The molecule has 0 bridgehead atoms. The third kappa shape index (κ3) is 4.45. The van der Waals surface area contributed by atoms with Crippen molar-refractivity contribution in [3.8, 4) is 39.2 Å². The molecule has 0 radical (unpaired) electrons. The number of hydrogen-bond donors (Lipinski definition) is 0. The Morgan fingerprint density at radius 2 is 1.10 bits per heavy atom. The van der Waals surface area contributed by atoms with Crippen LogP contribution in [-0.2, 0) is 12.0 Å². The van der Waals surface area contributed by atoms with Gasteiger partial charge in [0.2, 0.25) is 22.9 Å². The number of pyridine rings is 2. The summed E-state index contributed by atoms with van der Waals surface area (Å²) in [5.74, 6) is 0.257. The Labute approximate surface area is 291 Å². The first-order valence-corrected chi connectivity index (χ1v) is 17.1. The first-order valence-electron chi connectivity index (χ1n) is 17.1. The lowest BCUT2D eigenvalue weighted by molar-refractivity contribution is -0.677. The fraction of sp³-hybridized carbons (Fsp3) is 0.0870. The molecule has 0 atom stereocenters. The minimum atomic E-state index is -0.203. The molecule has 4 nitrogen and oxygen atoms in total. The molecular weight excluding hydrogens is 613 g/mol. The molecule has 10 rings (SSSR count). The van der Waals surface area contributed by atoms with E-state index in [0.717, 1.165) is 62.3 Å². The molecule has 4 heteroatoms. The summed E-state index contributed by atoms with van der Waals surface area (Å²) in [7, 11) is 0. The normalized spacial score (nSPS) is 13.7. The summed E-state index contributed by atoms with van der Waals surface area (Å²) in [6.45, 7) is 5.29. The largest absolute Gasteiger partial charge is 0.289 e. The smallest absolute Gasteiger partial charge is 0.224 e. The molecule has 50 heavy (non-hydrogen) atoms. The van der Waals surface area contributed by atoms with Crippen molar-refractivity contribution in [3.63, 3.8) is 0 Å². The van der Waals surface area contributed by atoms with Gasteiger partial charge in [0.25, 0.3) is 0 Å². The fourth-order valence-corrected chi connectivity index (χ4v) is 8.13. The molecule has 2 aliphatic carbocycles. The van der Waals surface area contributed by atoms with E-state index in [2.05, 4.69) is 83.8 Å². The summed E-state index contributed by atoms with van der Waals surface area (Å²) in [5.41, 5.74) is 14.2. The monoisotopic (exact) mass is 646 g/mol. The lowest BCUT2D eigenvalue weighted by Gasteiger charge is -2.19. The topological polar surface area (TPSA) is 41.9 Å². The van der Waals surface area contributed by atoms with Crippen molar-refractivity contribution in [2.24, 2.45) is 0 Å². The number of carbonyl (C=O) groups is 2. The van der Waals surface area contributed by atoms with Gasteiger partial charge in [0.15, 0.2) is 24.7 Å². The van der Waals surface area contributed by atoms with E-state index in [0.29, 0.717) is 0 Å². The maximum Gasteiger partial charge on any atom is 0.224 e. The molecule has 238 valence electrons. The lowest BCUT2D eigenvalue weighted by Crippen LogP contribution is -2.36. The highest BCUT2D eigenvalue weighted by atomic mass is 16.1. The molecular formula is C46H34N2O2+2. The number of carbonyl (C=O) groups excluding carboxylic acids is 2. The van der Waals surface area contributed by atoms with E-state index in [1.54, 1.807) is 0 Å². The van der Waals surface area contributed by atoms with Crippen molar-refractivity contribution in [2.75, 3.05) is 0 Å². The molecule has 0 saturated heterocycles. The highest BCUT2D eigenvalue weighted by Gasteiger charge is 2.49. The van der Waals surface area contributed by atoms with Crippen LogP contribution in [0.5, 0.6) is 0 Å². The Balaban J connectivity index is 0.000000142. The maximum atomic E-state index is 13.6. The van der Waals surface area contributed by atoms with Crippen LogP contribution in [0.2, 0.25) is 0 Å².